The van der Waals surface area contributed by atoms with E-state index in [1.54, 1.807) is 0 Å². The number of fused-ring (bicyclic) bond motifs is 1. The summed E-state index contributed by atoms with van der Waals surface area (Å²) in [5.41, 5.74) is 0.135. The number of hydrogen-bond acceptors (Lipinski definition) is 10. The van der Waals surface area contributed by atoms with Gasteiger partial charge in [0.15, 0.2) is 0 Å². The molecule has 164 valence electrons. The normalized spacial score (nSPS) is 26.1. The summed E-state index contributed by atoms with van der Waals surface area (Å²) in [6.45, 7) is -0.622. The van der Waals surface area contributed by atoms with Gasteiger partial charge in [0, 0.05) is 12.1 Å². The van der Waals surface area contributed by atoms with Gasteiger partial charge in [-0.15, -0.1) is 0 Å². The maximum Gasteiger partial charge on any atom is 0.229 e. The second kappa shape index (κ2) is 8.17. The average molecular weight is 432 g/mol. The first-order chi connectivity index (χ1) is 14.8. The Hall–Kier alpha value is -3.15. The molecule has 6 N–H and O–H groups in total. The van der Waals surface area contributed by atoms with Crippen LogP contribution < -0.4 is 10.2 Å². The summed E-state index contributed by atoms with van der Waals surface area (Å²) in [6, 6.07) is 8.29. The molecule has 3 aromatic rings. The summed E-state index contributed by atoms with van der Waals surface area (Å²) in [6.07, 6.45) is -6.23. The molecular formula is C21H20O10. The minimum Gasteiger partial charge on any atom is -0.508 e. The third-order valence-electron chi connectivity index (χ3n) is 5.11. The van der Waals surface area contributed by atoms with Gasteiger partial charge < -0.3 is 44.5 Å². The summed E-state index contributed by atoms with van der Waals surface area (Å²) in [5.74, 6) is -0.465. The molecule has 2 aromatic carbocycles. The van der Waals surface area contributed by atoms with Crippen LogP contribution >= 0.6 is 0 Å². The van der Waals surface area contributed by atoms with Crippen LogP contribution in [-0.2, 0) is 4.74 Å². The van der Waals surface area contributed by atoms with Gasteiger partial charge in [0.2, 0.25) is 11.7 Å². The van der Waals surface area contributed by atoms with Crippen molar-refractivity contribution in [1.29, 1.82) is 0 Å². The van der Waals surface area contributed by atoms with Crippen molar-refractivity contribution in [2.75, 3.05) is 6.61 Å². The van der Waals surface area contributed by atoms with E-state index in [9.17, 15) is 35.4 Å². The Morgan fingerprint density at radius 3 is 2.35 bits per heavy atom. The Kier molecular flexibility index (Phi) is 5.56. The highest BCUT2D eigenvalue weighted by molar-refractivity contribution is 5.88. The standard InChI is InChI=1S/C21H20O10/c22-7-15-18(26)19(27)20(28)21(31-15)30-11-5-13(24)16-14(6-11)29-8-12(17(16)25)9-1-3-10(23)4-2-9/h1-6,8,15,18-24,26-28H,7H2/t15-,18-,19+,20-,21+/m1/s1. The number of aliphatic hydroxyl groups excluding tert-OH is 4. The van der Waals surface area contributed by atoms with Crippen LogP contribution in [0.3, 0.4) is 0 Å². The Morgan fingerprint density at radius 1 is 0.968 bits per heavy atom. The summed E-state index contributed by atoms with van der Waals surface area (Å²) in [7, 11) is 0. The highest BCUT2D eigenvalue weighted by Gasteiger charge is 2.44. The van der Waals surface area contributed by atoms with Crippen LogP contribution in [0, 0.1) is 0 Å². The number of hydrogen-bond donors (Lipinski definition) is 6. The molecule has 5 atom stereocenters. The van der Waals surface area contributed by atoms with Crippen molar-refractivity contribution in [1.82, 2.24) is 0 Å². The molecule has 4 rings (SSSR count). The second-order valence-corrected chi connectivity index (χ2v) is 7.16. The van der Waals surface area contributed by atoms with E-state index >= 15 is 0 Å². The zero-order chi connectivity index (χ0) is 22.3. The summed E-state index contributed by atoms with van der Waals surface area (Å²) in [4.78, 5) is 12.9. The van der Waals surface area contributed by atoms with E-state index in [0.717, 1.165) is 6.07 Å². The summed E-state index contributed by atoms with van der Waals surface area (Å²) >= 11 is 0. The maximum absolute atomic E-state index is 12.9. The van der Waals surface area contributed by atoms with Crippen LogP contribution in [-0.4, -0.2) is 68.0 Å². The molecule has 0 unspecified atom stereocenters. The van der Waals surface area contributed by atoms with E-state index in [4.69, 9.17) is 13.9 Å². The quantitative estimate of drug-likeness (QED) is 0.331. The smallest absolute Gasteiger partial charge is 0.229 e. The molecule has 0 radical (unpaired) electrons. The number of benzene rings is 2. The van der Waals surface area contributed by atoms with Crippen molar-refractivity contribution < 1.29 is 44.5 Å². The van der Waals surface area contributed by atoms with Crippen LogP contribution in [0.1, 0.15) is 0 Å². The molecule has 10 nitrogen and oxygen atoms in total. The highest BCUT2D eigenvalue weighted by Crippen LogP contribution is 2.32. The Balaban J connectivity index is 1.68. The number of phenols is 2. The molecule has 0 bridgehead atoms. The van der Waals surface area contributed by atoms with Gasteiger partial charge in [0.1, 0.15) is 58.9 Å². The lowest BCUT2D eigenvalue weighted by Gasteiger charge is -2.39. The molecule has 31 heavy (non-hydrogen) atoms. The second-order valence-electron chi connectivity index (χ2n) is 7.16. The molecule has 10 heteroatoms. The van der Waals surface area contributed by atoms with Crippen molar-refractivity contribution in [2.45, 2.75) is 30.7 Å². The lowest BCUT2D eigenvalue weighted by Crippen LogP contribution is -2.60. The maximum atomic E-state index is 12.9. The fourth-order valence-electron chi connectivity index (χ4n) is 3.41. The first-order valence-electron chi connectivity index (χ1n) is 9.35. The van der Waals surface area contributed by atoms with Crippen LogP contribution in [0.15, 0.2) is 51.9 Å². The zero-order valence-electron chi connectivity index (χ0n) is 16.0. The van der Waals surface area contributed by atoms with Gasteiger partial charge in [-0.05, 0) is 17.7 Å². The minimum atomic E-state index is -1.64. The molecule has 1 saturated heterocycles. The first kappa shape index (κ1) is 21.1. The highest BCUT2D eigenvalue weighted by atomic mass is 16.7. The number of rotatable bonds is 4. The lowest BCUT2D eigenvalue weighted by atomic mass is 9.99. The Labute approximate surface area is 174 Å². The monoisotopic (exact) mass is 432 g/mol. The zero-order valence-corrected chi connectivity index (χ0v) is 16.0. The van der Waals surface area contributed by atoms with Crippen molar-refractivity contribution in [3.63, 3.8) is 0 Å². The predicted molar refractivity (Wildman–Crippen MR) is 106 cm³/mol. The largest absolute Gasteiger partial charge is 0.508 e. The molecule has 1 aliphatic rings. The number of phenolic OH excluding ortho intramolecular Hbond substituents is 2. The van der Waals surface area contributed by atoms with Gasteiger partial charge >= 0.3 is 0 Å². The van der Waals surface area contributed by atoms with E-state index in [2.05, 4.69) is 0 Å². The molecule has 2 heterocycles. The molecule has 1 aromatic heterocycles. The van der Waals surface area contributed by atoms with E-state index in [1.807, 2.05) is 0 Å². The molecule has 0 amide bonds. The molecule has 1 aliphatic heterocycles. The number of aromatic hydroxyl groups is 2. The number of aliphatic hydroxyl groups is 4. The van der Waals surface area contributed by atoms with Gasteiger partial charge in [0.05, 0.1) is 12.2 Å². The molecule has 0 saturated carbocycles. The fourth-order valence-corrected chi connectivity index (χ4v) is 3.41. The Morgan fingerprint density at radius 2 is 1.68 bits per heavy atom. The van der Waals surface area contributed by atoms with Gasteiger partial charge in [-0.2, -0.15) is 0 Å². The molecule has 0 aliphatic carbocycles. The fraction of sp³-hybridized carbons (Fsp3) is 0.286. The predicted octanol–water partition coefficient (Wildman–Crippen LogP) is 0.0499. The van der Waals surface area contributed by atoms with Crippen LogP contribution in [0.2, 0.25) is 0 Å². The van der Waals surface area contributed by atoms with E-state index in [0.29, 0.717) is 5.56 Å². The van der Waals surface area contributed by atoms with Gasteiger partial charge in [0.25, 0.3) is 0 Å². The van der Waals surface area contributed by atoms with Crippen LogP contribution in [0.25, 0.3) is 22.1 Å². The van der Waals surface area contributed by atoms with E-state index in [1.165, 1.54) is 36.6 Å². The van der Waals surface area contributed by atoms with E-state index in [-0.39, 0.29) is 28.0 Å². The molecular weight excluding hydrogens is 412 g/mol. The average Bonchev–Trinajstić information content (AvgIpc) is 2.75. The summed E-state index contributed by atoms with van der Waals surface area (Å²) in [5, 5.41) is 58.8. The van der Waals surface area contributed by atoms with Gasteiger partial charge in [-0.3, -0.25) is 4.79 Å². The first-order valence-corrected chi connectivity index (χ1v) is 9.35. The minimum absolute atomic E-state index is 0.00730. The van der Waals surface area contributed by atoms with Gasteiger partial charge in [-0.1, -0.05) is 12.1 Å². The summed E-state index contributed by atoms with van der Waals surface area (Å²) < 4.78 is 16.2. The third-order valence-corrected chi connectivity index (χ3v) is 5.11. The van der Waals surface area contributed by atoms with Crippen LogP contribution in [0.5, 0.6) is 17.2 Å². The SMILES string of the molecule is O=c1c(-c2ccc(O)cc2)coc2cc(O[C@H]3O[C@H](CO)[C@@H](O)[C@H](O)[C@H]3O)cc(O)c12. The van der Waals surface area contributed by atoms with Gasteiger partial charge in [-0.25, -0.2) is 0 Å². The van der Waals surface area contributed by atoms with Crippen molar-refractivity contribution >= 4 is 11.0 Å². The van der Waals surface area contributed by atoms with Crippen LogP contribution in [0.4, 0.5) is 0 Å². The topological polar surface area (TPSA) is 170 Å². The van der Waals surface area contributed by atoms with Crippen molar-refractivity contribution in [3.8, 4) is 28.4 Å². The lowest BCUT2D eigenvalue weighted by molar-refractivity contribution is -0.277. The van der Waals surface area contributed by atoms with Crippen molar-refractivity contribution in [3.05, 3.63) is 52.9 Å². The van der Waals surface area contributed by atoms with Crippen molar-refractivity contribution in [2.24, 2.45) is 0 Å². The molecule has 1 fully saturated rings. The Bertz CT molecular complexity index is 1140. The molecule has 0 spiro atoms. The third kappa shape index (κ3) is 3.82. The van der Waals surface area contributed by atoms with E-state index < -0.39 is 48.5 Å². The number of ether oxygens (including phenoxy) is 2.